The van der Waals surface area contributed by atoms with Crippen LogP contribution in [0.2, 0.25) is 0 Å². The number of nitrogens with zero attached hydrogens (tertiary/aromatic N) is 5. The van der Waals surface area contributed by atoms with Gasteiger partial charge in [-0.3, -0.25) is 39.1 Å². The van der Waals surface area contributed by atoms with E-state index in [0.29, 0.717) is 44.1 Å². The predicted molar refractivity (Wildman–Crippen MR) is 175 cm³/mol. The summed E-state index contributed by atoms with van der Waals surface area (Å²) in [6.07, 6.45) is 7.97. The average Bonchev–Trinajstić information content (AvgIpc) is 3.79. The Morgan fingerprint density at radius 3 is 2.60 bits per heavy atom. The highest BCUT2D eigenvalue weighted by molar-refractivity contribution is 6.25. The smallest absolute Gasteiger partial charge is 0.264 e. The van der Waals surface area contributed by atoms with E-state index in [1.807, 2.05) is 35.1 Å². The van der Waals surface area contributed by atoms with E-state index in [2.05, 4.69) is 26.8 Å². The van der Waals surface area contributed by atoms with Crippen LogP contribution in [0.15, 0.2) is 72.3 Å². The van der Waals surface area contributed by atoms with Gasteiger partial charge >= 0.3 is 0 Å². The normalized spacial score (nSPS) is 18.0. The first-order valence-corrected chi connectivity index (χ1v) is 15.9. The number of anilines is 1. The summed E-state index contributed by atoms with van der Waals surface area (Å²) in [5, 5.41) is 23.1. The van der Waals surface area contributed by atoms with Gasteiger partial charge in [-0.25, -0.2) is 0 Å². The van der Waals surface area contributed by atoms with E-state index in [1.54, 1.807) is 30.6 Å². The Labute approximate surface area is 275 Å². The molecule has 7 rings (SSSR count). The van der Waals surface area contributed by atoms with Gasteiger partial charge in [-0.05, 0) is 61.1 Å². The van der Waals surface area contributed by atoms with Gasteiger partial charge in [0.1, 0.15) is 11.7 Å². The van der Waals surface area contributed by atoms with Crippen molar-refractivity contribution in [2.75, 3.05) is 25.1 Å². The number of carbonyl (C=O) groups excluding carboxylic acids is 4. The molecule has 1 saturated heterocycles. The Balaban J connectivity index is 0.949. The Bertz CT molecular complexity index is 1950. The van der Waals surface area contributed by atoms with Gasteiger partial charge in [-0.15, -0.1) is 0 Å². The van der Waals surface area contributed by atoms with E-state index < -0.39 is 29.7 Å². The van der Waals surface area contributed by atoms with E-state index in [0.717, 1.165) is 51.3 Å². The van der Waals surface area contributed by atoms with E-state index in [4.69, 9.17) is 9.84 Å². The second kappa shape index (κ2) is 13.2. The number of carbonyl (C=O) groups is 4. The maximum atomic E-state index is 13.3. The summed E-state index contributed by atoms with van der Waals surface area (Å²) in [6, 6.07) is 14.0. The molecule has 48 heavy (non-hydrogen) atoms. The number of aryl methyl sites for hydroxylation is 2. The second-order valence-electron chi connectivity index (χ2n) is 11.9. The van der Waals surface area contributed by atoms with Crippen molar-refractivity contribution >= 4 is 35.0 Å². The Hall–Kier alpha value is -5.69. The van der Waals surface area contributed by atoms with E-state index in [9.17, 15) is 24.4 Å². The summed E-state index contributed by atoms with van der Waals surface area (Å²) in [7, 11) is 0. The van der Waals surface area contributed by atoms with Crippen LogP contribution in [0.3, 0.4) is 0 Å². The van der Waals surface area contributed by atoms with Crippen molar-refractivity contribution in [3.63, 3.8) is 0 Å². The zero-order chi connectivity index (χ0) is 33.2. The van der Waals surface area contributed by atoms with Crippen LogP contribution >= 0.6 is 0 Å². The minimum absolute atomic E-state index is 0.0667. The van der Waals surface area contributed by atoms with Crippen molar-refractivity contribution in [1.82, 2.24) is 25.0 Å². The number of fused-ring (bicyclic) bond motifs is 2. The molecule has 2 aliphatic heterocycles. The minimum atomic E-state index is -1.01. The molecule has 1 aliphatic carbocycles. The Kier molecular flexibility index (Phi) is 8.51. The minimum Gasteiger partial charge on any atom is -0.411 e. The largest absolute Gasteiger partial charge is 0.411 e. The molecule has 2 aromatic heterocycles. The van der Waals surface area contributed by atoms with Crippen LogP contribution in [0, 0.1) is 0 Å². The fraction of sp³-hybridized carbons (Fsp3) is 0.286. The third-order valence-electron chi connectivity index (χ3n) is 8.90. The van der Waals surface area contributed by atoms with Gasteiger partial charge in [0.15, 0.2) is 0 Å². The highest BCUT2D eigenvalue weighted by Gasteiger charge is 2.45. The predicted octanol–water partition coefficient (Wildman–Crippen LogP) is 3.66. The summed E-state index contributed by atoms with van der Waals surface area (Å²) in [4.78, 5) is 55.4. The van der Waals surface area contributed by atoms with Crippen molar-refractivity contribution in [3.8, 4) is 22.4 Å². The first kappa shape index (κ1) is 30.9. The molecule has 1 unspecified atom stereocenters. The van der Waals surface area contributed by atoms with Crippen molar-refractivity contribution in [1.29, 1.82) is 0 Å². The zero-order valence-corrected chi connectivity index (χ0v) is 26.0. The molecular weight excluding hydrogens is 614 g/mol. The van der Waals surface area contributed by atoms with Crippen LogP contribution in [0.4, 0.5) is 5.69 Å². The number of aromatic nitrogens is 3. The second-order valence-corrected chi connectivity index (χ2v) is 11.9. The summed E-state index contributed by atoms with van der Waals surface area (Å²) in [5.74, 6) is -2.15. The number of imide groups is 2. The SMILES string of the molecule is O=C1CCC(N2C(=O)c3cccc(NCCOCCCn4cc(-c5ccc6c(c5)CC/C6=N\O)c(-c5ccncc5)n4)c3C2=O)C(=O)N1. The van der Waals surface area contributed by atoms with Gasteiger partial charge in [-0.2, -0.15) is 5.10 Å². The highest BCUT2D eigenvalue weighted by Crippen LogP contribution is 2.35. The van der Waals surface area contributed by atoms with Gasteiger partial charge in [0.05, 0.1) is 23.4 Å². The molecule has 3 N–H and O–H groups in total. The number of ether oxygens (including phenoxy) is 1. The molecule has 13 heteroatoms. The maximum Gasteiger partial charge on any atom is 0.264 e. The molecule has 1 fully saturated rings. The fourth-order valence-corrected chi connectivity index (χ4v) is 6.56. The zero-order valence-electron chi connectivity index (χ0n) is 26.0. The van der Waals surface area contributed by atoms with Crippen molar-refractivity contribution in [2.24, 2.45) is 5.16 Å². The maximum absolute atomic E-state index is 13.3. The molecule has 4 aromatic rings. The van der Waals surface area contributed by atoms with Crippen molar-refractivity contribution in [2.45, 2.75) is 44.7 Å². The molecule has 0 spiro atoms. The molecule has 3 aliphatic rings. The summed E-state index contributed by atoms with van der Waals surface area (Å²) < 4.78 is 7.79. The number of piperidine rings is 1. The van der Waals surface area contributed by atoms with Gasteiger partial charge < -0.3 is 15.3 Å². The van der Waals surface area contributed by atoms with Crippen molar-refractivity contribution in [3.05, 3.63) is 89.4 Å². The Morgan fingerprint density at radius 1 is 0.938 bits per heavy atom. The summed E-state index contributed by atoms with van der Waals surface area (Å²) >= 11 is 0. The van der Waals surface area contributed by atoms with Gasteiger partial charge in [0.25, 0.3) is 11.8 Å². The quantitative estimate of drug-likeness (QED) is 0.0952. The van der Waals surface area contributed by atoms with Crippen LogP contribution in [0.25, 0.3) is 22.4 Å². The van der Waals surface area contributed by atoms with Crippen LogP contribution < -0.4 is 10.6 Å². The molecule has 2 aromatic carbocycles. The van der Waals surface area contributed by atoms with Crippen LogP contribution in [0.5, 0.6) is 0 Å². The summed E-state index contributed by atoms with van der Waals surface area (Å²) in [6.45, 7) is 1.88. The number of nitrogens with one attached hydrogen (secondary N) is 2. The topological polar surface area (TPSA) is 168 Å². The van der Waals surface area contributed by atoms with E-state index >= 15 is 0 Å². The summed E-state index contributed by atoms with van der Waals surface area (Å²) in [5.41, 5.74) is 7.65. The van der Waals surface area contributed by atoms with E-state index in [-0.39, 0.29) is 24.0 Å². The van der Waals surface area contributed by atoms with E-state index in [1.165, 1.54) is 0 Å². The number of benzene rings is 2. The molecule has 4 amide bonds. The molecule has 0 radical (unpaired) electrons. The monoisotopic (exact) mass is 647 g/mol. The Morgan fingerprint density at radius 2 is 1.79 bits per heavy atom. The van der Waals surface area contributed by atoms with Crippen LogP contribution in [-0.2, 0) is 27.3 Å². The fourth-order valence-electron chi connectivity index (χ4n) is 6.56. The number of hydrogen-bond donors (Lipinski definition) is 3. The van der Waals surface area contributed by atoms with Crippen molar-refractivity contribution < 1.29 is 29.1 Å². The van der Waals surface area contributed by atoms with Crippen LogP contribution in [-0.4, -0.2) is 80.0 Å². The van der Waals surface area contributed by atoms with Crippen LogP contribution in [0.1, 0.15) is 57.5 Å². The van der Waals surface area contributed by atoms with Gasteiger partial charge in [0, 0.05) is 67.1 Å². The third-order valence-corrected chi connectivity index (χ3v) is 8.90. The van der Waals surface area contributed by atoms with Gasteiger partial charge in [-0.1, -0.05) is 29.4 Å². The first-order valence-electron chi connectivity index (χ1n) is 15.9. The molecule has 1 atom stereocenters. The lowest BCUT2D eigenvalue weighted by Gasteiger charge is -2.27. The number of pyridine rings is 1. The molecule has 4 heterocycles. The molecule has 13 nitrogen and oxygen atoms in total. The molecule has 0 saturated carbocycles. The first-order chi connectivity index (χ1) is 23.4. The lowest BCUT2D eigenvalue weighted by Crippen LogP contribution is -2.54. The number of amides is 4. The number of rotatable bonds is 11. The highest BCUT2D eigenvalue weighted by atomic mass is 16.5. The molecular formula is C35H33N7O6. The average molecular weight is 648 g/mol. The number of hydrogen-bond acceptors (Lipinski definition) is 10. The lowest BCUT2D eigenvalue weighted by molar-refractivity contribution is -0.136. The standard InChI is InChI=1S/C35H33N7O6/c43-30-10-9-29(33(44)38-30)42-34(45)25-3-1-4-28(31(25)35(42)46)37-15-18-48-17-2-16-41-20-26(32(39-41)21-11-13-36-14-12-21)23-5-7-24-22(19-23)6-8-27(24)40-47/h1,3-5,7,11-14,19-20,29,37,47H,2,6,8-10,15-18H2,(H,38,43,44)/b40-27+. The number of oxime groups is 1. The lowest BCUT2D eigenvalue weighted by atomic mass is 9.98. The van der Waals surface area contributed by atoms with Gasteiger partial charge in [0.2, 0.25) is 11.8 Å². The molecule has 0 bridgehead atoms. The molecule has 244 valence electrons. The third kappa shape index (κ3) is 5.84.